The lowest BCUT2D eigenvalue weighted by Crippen LogP contribution is -2.49. The van der Waals surface area contributed by atoms with Crippen LogP contribution in [0.15, 0.2) is 24.3 Å². The fourth-order valence-electron chi connectivity index (χ4n) is 2.77. The molecular formula is C19H30N4O2. The van der Waals surface area contributed by atoms with E-state index in [0.29, 0.717) is 6.42 Å². The molecule has 0 radical (unpaired) electrons. The highest BCUT2D eigenvalue weighted by atomic mass is 16.2. The van der Waals surface area contributed by atoms with Gasteiger partial charge in [0.25, 0.3) is 0 Å². The molecule has 1 aromatic rings. The van der Waals surface area contributed by atoms with Gasteiger partial charge in [0.05, 0.1) is 0 Å². The third-order valence-electron chi connectivity index (χ3n) is 4.20. The summed E-state index contributed by atoms with van der Waals surface area (Å²) in [5, 5.41) is 2.83. The van der Waals surface area contributed by atoms with Crippen LogP contribution in [0.25, 0.3) is 0 Å². The second-order valence-corrected chi connectivity index (χ2v) is 7.98. The van der Waals surface area contributed by atoms with Crippen LogP contribution in [0, 0.1) is 5.41 Å². The molecular weight excluding hydrogens is 316 g/mol. The molecule has 0 atom stereocenters. The van der Waals surface area contributed by atoms with Crippen molar-refractivity contribution in [3.63, 3.8) is 0 Å². The molecule has 0 saturated carbocycles. The molecule has 1 saturated heterocycles. The number of benzene rings is 1. The van der Waals surface area contributed by atoms with Gasteiger partial charge in [0, 0.05) is 58.1 Å². The molecule has 1 N–H and O–H groups in total. The summed E-state index contributed by atoms with van der Waals surface area (Å²) >= 11 is 0. The third-order valence-corrected chi connectivity index (χ3v) is 4.20. The van der Waals surface area contributed by atoms with Crippen molar-refractivity contribution in [2.24, 2.45) is 5.41 Å². The Morgan fingerprint density at radius 2 is 1.60 bits per heavy atom. The van der Waals surface area contributed by atoms with Crippen LogP contribution >= 0.6 is 0 Å². The standard InChI is InChI=1S/C19H30N4O2/c1-19(2,3)14-17(24)23-12-10-22(11-13-23)16-8-6-15(7-9-16)20-18(25)21(4)5/h6-9H,10-14H2,1-5H3,(H,20,25). The molecule has 138 valence electrons. The summed E-state index contributed by atoms with van der Waals surface area (Å²) in [4.78, 5) is 29.7. The number of amides is 3. The van der Waals surface area contributed by atoms with E-state index in [1.165, 1.54) is 4.90 Å². The zero-order valence-corrected chi connectivity index (χ0v) is 16.0. The Morgan fingerprint density at radius 3 is 2.08 bits per heavy atom. The first-order valence-electron chi connectivity index (χ1n) is 8.77. The molecule has 6 heteroatoms. The number of nitrogens with one attached hydrogen (secondary N) is 1. The average molecular weight is 346 g/mol. The lowest BCUT2D eigenvalue weighted by atomic mass is 9.91. The Morgan fingerprint density at radius 1 is 1.04 bits per heavy atom. The number of carbonyl (C=O) groups is 2. The molecule has 0 aromatic heterocycles. The molecule has 0 spiro atoms. The summed E-state index contributed by atoms with van der Waals surface area (Å²) < 4.78 is 0. The lowest BCUT2D eigenvalue weighted by Gasteiger charge is -2.37. The number of carbonyl (C=O) groups excluding carboxylic acids is 2. The number of hydrogen-bond acceptors (Lipinski definition) is 3. The number of nitrogens with zero attached hydrogens (tertiary/aromatic N) is 3. The Balaban J connectivity index is 1.88. The maximum absolute atomic E-state index is 12.3. The van der Waals surface area contributed by atoms with Crippen LogP contribution in [0.5, 0.6) is 0 Å². The number of urea groups is 1. The summed E-state index contributed by atoms with van der Waals surface area (Å²) in [6.07, 6.45) is 0.591. The predicted molar refractivity (Wildman–Crippen MR) is 102 cm³/mol. The first kappa shape index (κ1) is 19.1. The number of anilines is 2. The maximum Gasteiger partial charge on any atom is 0.321 e. The van der Waals surface area contributed by atoms with Crippen LogP contribution in [0.1, 0.15) is 27.2 Å². The lowest BCUT2D eigenvalue weighted by molar-refractivity contribution is -0.133. The molecule has 6 nitrogen and oxygen atoms in total. The molecule has 1 aliphatic rings. The van der Waals surface area contributed by atoms with E-state index in [1.807, 2.05) is 29.2 Å². The van der Waals surface area contributed by atoms with E-state index < -0.39 is 0 Å². The number of piperazine rings is 1. The van der Waals surface area contributed by atoms with Gasteiger partial charge < -0.3 is 20.0 Å². The summed E-state index contributed by atoms with van der Waals surface area (Å²) in [5.74, 6) is 0.244. The number of rotatable bonds is 3. The van der Waals surface area contributed by atoms with E-state index in [2.05, 4.69) is 31.0 Å². The first-order valence-corrected chi connectivity index (χ1v) is 8.77. The van der Waals surface area contributed by atoms with Crippen LogP contribution in [0.2, 0.25) is 0 Å². The zero-order chi connectivity index (χ0) is 18.6. The van der Waals surface area contributed by atoms with Crippen molar-refractivity contribution >= 4 is 23.3 Å². The fraction of sp³-hybridized carbons (Fsp3) is 0.579. The van der Waals surface area contributed by atoms with E-state index in [4.69, 9.17) is 0 Å². The van der Waals surface area contributed by atoms with Crippen LogP contribution in [-0.2, 0) is 4.79 Å². The number of hydrogen-bond donors (Lipinski definition) is 1. The molecule has 0 bridgehead atoms. The highest BCUT2D eigenvalue weighted by Gasteiger charge is 2.24. The van der Waals surface area contributed by atoms with Crippen LogP contribution in [0.3, 0.4) is 0 Å². The minimum absolute atomic E-state index is 0.0288. The third kappa shape index (κ3) is 5.66. The van der Waals surface area contributed by atoms with Crippen LogP contribution in [-0.4, -0.2) is 62.0 Å². The van der Waals surface area contributed by atoms with E-state index in [9.17, 15) is 9.59 Å². The molecule has 1 heterocycles. The topological polar surface area (TPSA) is 55.9 Å². The molecule has 2 rings (SSSR count). The van der Waals surface area contributed by atoms with Gasteiger partial charge in [0.2, 0.25) is 5.91 Å². The summed E-state index contributed by atoms with van der Waals surface area (Å²) in [6.45, 7) is 9.47. The van der Waals surface area contributed by atoms with Gasteiger partial charge in [-0.25, -0.2) is 4.79 Å². The second kappa shape index (κ2) is 7.76. The van der Waals surface area contributed by atoms with Crippen molar-refractivity contribution < 1.29 is 9.59 Å². The van der Waals surface area contributed by atoms with Crippen LogP contribution in [0.4, 0.5) is 16.2 Å². The Hall–Kier alpha value is -2.24. The van der Waals surface area contributed by atoms with Gasteiger partial charge in [-0.15, -0.1) is 0 Å². The summed E-state index contributed by atoms with van der Waals surface area (Å²) in [5.41, 5.74) is 1.92. The van der Waals surface area contributed by atoms with E-state index in [1.54, 1.807) is 14.1 Å². The van der Waals surface area contributed by atoms with Gasteiger partial charge in [-0.2, -0.15) is 0 Å². The molecule has 0 aliphatic carbocycles. The Bertz CT molecular complexity index is 597. The normalized spacial score (nSPS) is 15.1. The largest absolute Gasteiger partial charge is 0.368 e. The highest BCUT2D eigenvalue weighted by molar-refractivity contribution is 5.89. The van der Waals surface area contributed by atoms with Crippen molar-refractivity contribution in [3.8, 4) is 0 Å². The minimum atomic E-state index is -0.140. The zero-order valence-electron chi connectivity index (χ0n) is 16.0. The smallest absolute Gasteiger partial charge is 0.321 e. The van der Waals surface area contributed by atoms with Gasteiger partial charge in [-0.05, 0) is 29.7 Å². The minimum Gasteiger partial charge on any atom is -0.368 e. The Kier molecular flexibility index (Phi) is 5.93. The van der Waals surface area contributed by atoms with E-state index in [0.717, 1.165) is 37.6 Å². The molecule has 0 unspecified atom stereocenters. The molecule has 1 fully saturated rings. The molecule has 1 aromatic carbocycles. The maximum atomic E-state index is 12.3. The van der Waals surface area contributed by atoms with Crippen molar-refractivity contribution in [2.45, 2.75) is 27.2 Å². The molecule has 25 heavy (non-hydrogen) atoms. The first-order chi connectivity index (χ1) is 11.7. The summed E-state index contributed by atoms with van der Waals surface area (Å²) in [6, 6.07) is 7.70. The highest BCUT2D eigenvalue weighted by Crippen LogP contribution is 2.22. The van der Waals surface area contributed by atoms with E-state index in [-0.39, 0.29) is 17.4 Å². The summed E-state index contributed by atoms with van der Waals surface area (Å²) in [7, 11) is 3.42. The van der Waals surface area contributed by atoms with Gasteiger partial charge >= 0.3 is 6.03 Å². The Labute approximate surface area is 150 Å². The van der Waals surface area contributed by atoms with Gasteiger partial charge in [-0.1, -0.05) is 20.8 Å². The van der Waals surface area contributed by atoms with Gasteiger partial charge in [-0.3, -0.25) is 4.79 Å². The van der Waals surface area contributed by atoms with Crippen molar-refractivity contribution in [2.75, 3.05) is 50.5 Å². The second-order valence-electron chi connectivity index (χ2n) is 7.98. The van der Waals surface area contributed by atoms with Crippen LogP contribution < -0.4 is 10.2 Å². The van der Waals surface area contributed by atoms with Crippen molar-refractivity contribution in [1.82, 2.24) is 9.80 Å². The van der Waals surface area contributed by atoms with Crippen molar-refractivity contribution in [1.29, 1.82) is 0 Å². The predicted octanol–water partition coefficient (Wildman–Crippen LogP) is 2.86. The monoisotopic (exact) mass is 346 g/mol. The SMILES string of the molecule is CN(C)C(=O)Nc1ccc(N2CCN(C(=O)CC(C)(C)C)CC2)cc1. The quantitative estimate of drug-likeness (QED) is 0.916. The van der Waals surface area contributed by atoms with Crippen molar-refractivity contribution in [3.05, 3.63) is 24.3 Å². The van der Waals surface area contributed by atoms with Gasteiger partial charge in [0.15, 0.2) is 0 Å². The molecule has 1 aliphatic heterocycles. The average Bonchev–Trinajstić information content (AvgIpc) is 2.54. The fourth-order valence-corrected chi connectivity index (χ4v) is 2.77. The molecule has 3 amide bonds. The van der Waals surface area contributed by atoms with E-state index >= 15 is 0 Å². The van der Waals surface area contributed by atoms with Gasteiger partial charge in [0.1, 0.15) is 0 Å².